The number of benzene rings is 1. The van der Waals surface area contributed by atoms with Gasteiger partial charge < -0.3 is 9.47 Å². The minimum absolute atomic E-state index is 0. The second-order valence-electron chi connectivity index (χ2n) is 7.17. The summed E-state index contributed by atoms with van der Waals surface area (Å²) in [6.45, 7) is 19.3. The number of methoxy groups -OCH3 is 2. The van der Waals surface area contributed by atoms with Crippen molar-refractivity contribution in [2.45, 2.75) is 50.9 Å². The van der Waals surface area contributed by atoms with Crippen LogP contribution in [-0.2, 0) is 40.8 Å². The van der Waals surface area contributed by atoms with Crippen LogP contribution < -0.4 is 0 Å². The molecule has 2 fully saturated rings. The molecular weight excluding hydrogens is 436 g/mol. The zero-order valence-electron chi connectivity index (χ0n) is 18.5. The third kappa shape index (κ3) is 9.06. The van der Waals surface area contributed by atoms with Crippen LogP contribution in [0.15, 0.2) is 24.3 Å². The SMILES string of the molecule is COCCN1C(c2cccc(C)c2)N(CCOC)[C@@H]2CCCC[C@H]21.[C-]#[O+].[C-]#[O+].[C-]#[O+].[Cr]. The van der Waals surface area contributed by atoms with Crippen molar-refractivity contribution in [2.24, 2.45) is 0 Å². The van der Waals surface area contributed by atoms with Gasteiger partial charge in [-0.3, -0.25) is 9.80 Å². The number of ether oxygens (including phenoxy) is 2. The van der Waals surface area contributed by atoms with Gasteiger partial charge >= 0.3 is 33.9 Å². The first-order valence-electron chi connectivity index (χ1n) is 9.93. The van der Waals surface area contributed by atoms with Crippen LogP contribution in [0.3, 0.4) is 0 Å². The third-order valence-electron chi connectivity index (χ3n) is 5.62. The third-order valence-corrected chi connectivity index (χ3v) is 5.62. The van der Waals surface area contributed by atoms with Gasteiger partial charge in [-0.15, -0.1) is 0 Å². The first-order chi connectivity index (χ1) is 14.8. The summed E-state index contributed by atoms with van der Waals surface area (Å²) in [5, 5.41) is 0. The molecule has 1 heterocycles. The molecular formula is C23H32CrN2O5. The second kappa shape index (κ2) is 19.5. The molecule has 2 atom stereocenters. The summed E-state index contributed by atoms with van der Waals surface area (Å²) in [6.07, 6.45) is 5.66. The van der Waals surface area contributed by atoms with E-state index in [4.69, 9.17) is 23.4 Å². The Balaban J connectivity index is 0. The standard InChI is InChI=1S/C20H32N2O2.3CO.Cr/c1-16-7-6-8-17(15-16)20-21(11-13-23-2)18-9-4-5-10-19(18)22(20)12-14-24-3;3*1-2;/h6-8,15,18-20H,4-5,9-14H2,1-3H3;;;;/t18-,19-;;;;/m1..../s1. The molecule has 7 nitrogen and oxygen atoms in total. The fourth-order valence-electron chi connectivity index (χ4n) is 4.60. The Hall–Kier alpha value is -1.19. The van der Waals surface area contributed by atoms with Gasteiger partial charge in [-0.2, -0.15) is 0 Å². The van der Waals surface area contributed by atoms with Gasteiger partial charge in [0.15, 0.2) is 0 Å². The van der Waals surface area contributed by atoms with E-state index in [2.05, 4.69) is 60.9 Å². The van der Waals surface area contributed by atoms with Gasteiger partial charge in [0.25, 0.3) is 0 Å². The molecule has 0 radical (unpaired) electrons. The van der Waals surface area contributed by atoms with Crippen molar-refractivity contribution in [3.05, 3.63) is 55.3 Å². The number of nitrogens with zero attached hydrogens (tertiary/aromatic N) is 2. The van der Waals surface area contributed by atoms with Crippen LogP contribution in [0.25, 0.3) is 0 Å². The van der Waals surface area contributed by atoms with Crippen molar-refractivity contribution in [1.29, 1.82) is 0 Å². The molecule has 170 valence electrons. The maximum absolute atomic E-state index is 7.50. The molecule has 0 amide bonds. The van der Waals surface area contributed by atoms with E-state index in [-0.39, 0.29) is 17.4 Å². The van der Waals surface area contributed by atoms with E-state index in [1.54, 1.807) is 14.2 Å². The van der Waals surface area contributed by atoms with E-state index in [0.29, 0.717) is 18.2 Å². The molecule has 1 saturated heterocycles. The molecule has 1 aromatic carbocycles. The number of rotatable bonds is 7. The van der Waals surface area contributed by atoms with Crippen LogP contribution in [0.4, 0.5) is 0 Å². The fourth-order valence-corrected chi connectivity index (χ4v) is 4.60. The summed E-state index contributed by atoms with van der Waals surface area (Å²) in [5.74, 6) is 0. The van der Waals surface area contributed by atoms with Crippen LogP contribution in [0.1, 0.15) is 43.0 Å². The minimum Gasteiger partial charge on any atom is 0 e. The Kier molecular flexibility index (Phi) is 20.1. The second-order valence-corrected chi connectivity index (χ2v) is 7.17. The molecule has 31 heavy (non-hydrogen) atoms. The molecule has 0 spiro atoms. The quantitative estimate of drug-likeness (QED) is 0.455. The number of hydrogen-bond acceptors (Lipinski definition) is 4. The van der Waals surface area contributed by atoms with E-state index < -0.39 is 0 Å². The Labute approximate surface area is 197 Å². The topological polar surface area (TPSA) is 84.6 Å². The van der Waals surface area contributed by atoms with Gasteiger partial charge in [0.05, 0.1) is 19.4 Å². The average Bonchev–Trinajstić information content (AvgIpc) is 3.13. The summed E-state index contributed by atoms with van der Waals surface area (Å²) >= 11 is 0. The van der Waals surface area contributed by atoms with Crippen molar-refractivity contribution >= 4 is 0 Å². The van der Waals surface area contributed by atoms with Crippen LogP contribution in [0, 0.1) is 26.9 Å². The van der Waals surface area contributed by atoms with Crippen molar-refractivity contribution in [1.82, 2.24) is 9.80 Å². The molecule has 3 rings (SSSR count). The first kappa shape index (κ1) is 32.0. The van der Waals surface area contributed by atoms with Crippen LogP contribution >= 0.6 is 0 Å². The van der Waals surface area contributed by atoms with Gasteiger partial charge in [-0.25, -0.2) is 0 Å². The molecule has 1 aliphatic heterocycles. The van der Waals surface area contributed by atoms with Crippen molar-refractivity contribution in [3.8, 4) is 0 Å². The van der Waals surface area contributed by atoms with E-state index in [9.17, 15) is 0 Å². The molecule has 2 aliphatic rings. The first-order valence-corrected chi connectivity index (χ1v) is 9.93. The predicted octanol–water partition coefficient (Wildman–Crippen LogP) is 3.10. The Morgan fingerprint density at radius 1 is 0.871 bits per heavy atom. The summed E-state index contributed by atoms with van der Waals surface area (Å²) in [5.41, 5.74) is 2.75. The summed E-state index contributed by atoms with van der Waals surface area (Å²) in [4.78, 5) is 5.38. The monoisotopic (exact) mass is 468 g/mol. The normalized spacial score (nSPS) is 20.3. The molecule has 0 bridgehead atoms. The number of hydrogen-bond donors (Lipinski definition) is 0. The maximum atomic E-state index is 7.50. The van der Waals surface area contributed by atoms with Crippen LogP contribution in [0.5, 0.6) is 0 Å². The molecule has 0 aromatic heterocycles. The minimum atomic E-state index is 0. The van der Waals surface area contributed by atoms with E-state index in [1.807, 2.05) is 0 Å². The van der Waals surface area contributed by atoms with Gasteiger partial charge in [0.2, 0.25) is 0 Å². The fraction of sp³-hybridized carbons (Fsp3) is 0.609. The predicted molar refractivity (Wildman–Crippen MR) is 109 cm³/mol. The Bertz CT molecular complexity index is 614. The zero-order chi connectivity index (χ0) is 22.9. The van der Waals surface area contributed by atoms with Crippen molar-refractivity contribution < 1.29 is 40.8 Å². The average molecular weight is 469 g/mol. The van der Waals surface area contributed by atoms with E-state index >= 15 is 0 Å². The molecule has 1 aromatic rings. The summed E-state index contributed by atoms with van der Waals surface area (Å²) in [6, 6.07) is 10.3. The summed E-state index contributed by atoms with van der Waals surface area (Å²) in [7, 11) is 3.61. The van der Waals surface area contributed by atoms with Crippen molar-refractivity contribution in [2.75, 3.05) is 40.5 Å². The molecule has 8 heteroatoms. The number of aryl methyl sites for hydroxylation is 1. The van der Waals surface area contributed by atoms with Crippen LogP contribution in [-0.4, -0.2) is 62.4 Å². The Morgan fingerprint density at radius 2 is 1.32 bits per heavy atom. The molecule has 0 N–H and O–H groups in total. The summed E-state index contributed by atoms with van der Waals surface area (Å²) < 4.78 is 33.3. The Morgan fingerprint density at radius 3 is 1.71 bits per heavy atom. The van der Waals surface area contributed by atoms with Gasteiger partial charge in [-0.1, -0.05) is 42.7 Å². The van der Waals surface area contributed by atoms with Gasteiger partial charge in [-0.05, 0) is 25.3 Å². The molecule has 0 unspecified atom stereocenters. The molecule has 1 saturated carbocycles. The van der Waals surface area contributed by atoms with Gasteiger partial charge in [0, 0.05) is 56.8 Å². The largest absolute Gasteiger partial charge is 0 e. The molecule has 1 aliphatic carbocycles. The van der Waals surface area contributed by atoms with Crippen molar-refractivity contribution in [3.63, 3.8) is 0 Å². The van der Waals surface area contributed by atoms with Crippen LogP contribution in [0.2, 0.25) is 0 Å². The smallest absolute Gasteiger partial charge is 0 e. The van der Waals surface area contributed by atoms with E-state index in [0.717, 1.165) is 26.3 Å². The number of fused-ring (bicyclic) bond motifs is 1. The van der Waals surface area contributed by atoms with E-state index in [1.165, 1.54) is 36.8 Å². The zero-order valence-corrected chi connectivity index (χ0v) is 19.8. The maximum Gasteiger partial charge on any atom is 0 e. The van der Waals surface area contributed by atoms with Gasteiger partial charge in [0.1, 0.15) is 0 Å².